The molecule has 0 bridgehead atoms. The van der Waals surface area contributed by atoms with Gasteiger partial charge in [-0.1, -0.05) is 0 Å². The molecule has 2 N–H and O–H groups in total. The number of thiophene rings is 1. The van der Waals surface area contributed by atoms with Gasteiger partial charge in [0, 0.05) is 4.88 Å². The Balaban J connectivity index is 1.97. The molecule has 2 heterocycles. The SMILES string of the molecule is O=C(NCc1ccc(Br)s1)c1cnc(C(=O)O)s1. The van der Waals surface area contributed by atoms with Crippen LogP contribution in [0.5, 0.6) is 0 Å². The van der Waals surface area contributed by atoms with Crippen molar-refractivity contribution in [1.29, 1.82) is 0 Å². The summed E-state index contributed by atoms with van der Waals surface area (Å²) in [6.07, 6.45) is 1.27. The van der Waals surface area contributed by atoms with Gasteiger partial charge in [-0.15, -0.1) is 22.7 Å². The number of carbonyl (C=O) groups is 2. The maximum absolute atomic E-state index is 11.7. The van der Waals surface area contributed by atoms with Gasteiger partial charge in [-0.25, -0.2) is 9.78 Å². The quantitative estimate of drug-likeness (QED) is 0.891. The van der Waals surface area contributed by atoms with Gasteiger partial charge in [0.2, 0.25) is 5.01 Å². The monoisotopic (exact) mass is 346 g/mol. The third-order valence-corrected chi connectivity index (χ3v) is 4.57. The summed E-state index contributed by atoms with van der Waals surface area (Å²) in [6, 6.07) is 3.81. The third kappa shape index (κ3) is 3.15. The molecule has 0 aliphatic heterocycles. The van der Waals surface area contributed by atoms with Gasteiger partial charge in [0.15, 0.2) is 0 Å². The number of carboxylic acid groups (broad SMARTS) is 1. The summed E-state index contributed by atoms with van der Waals surface area (Å²) >= 11 is 5.73. The van der Waals surface area contributed by atoms with Crippen LogP contribution in [-0.4, -0.2) is 22.0 Å². The summed E-state index contributed by atoms with van der Waals surface area (Å²) in [7, 11) is 0. The Hall–Kier alpha value is -1.25. The number of thiazole rings is 1. The third-order valence-electron chi connectivity index (χ3n) is 1.96. The van der Waals surface area contributed by atoms with E-state index in [4.69, 9.17) is 5.11 Å². The molecule has 0 aliphatic rings. The fourth-order valence-electron chi connectivity index (χ4n) is 1.18. The van der Waals surface area contributed by atoms with Crippen LogP contribution in [0.3, 0.4) is 0 Å². The van der Waals surface area contributed by atoms with Gasteiger partial charge in [0.25, 0.3) is 5.91 Å². The second-order valence-electron chi connectivity index (χ2n) is 3.22. The number of aromatic nitrogens is 1. The number of amides is 1. The summed E-state index contributed by atoms with van der Waals surface area (Å²) < 4.78 is 0.998. The molecule has 2 aromatic heterocycles. The molecule has 18 heavy (non-hydrogen) atoms. The van der Waals surface area contributed by atoms with Crippen LogP contribution in [0, 0.1) is 0 Å². The molecule has 0 spiro atoms. The molecule has 0 aromatic carbocycles. The highest BCUT2D eigenvalue weighted by atomic mass is 79.9. The zero-order valence-corrected chi connectivity index (χ0v) is 12.1. The van der Waals surface area contributed by atoms with Gasteiger partial charge >= 0.3 is 5.97 Å². The van der Waals surface area contributed by atoms with E-state index in [-0.39, 0.29) is 10.9 Å². The van der Waals surface area contributed by atoms with Crippen molar-refractivity contribution in [2.75, 3.05) is 0 Å². The average Bonchev–Trinajstić information content (AvgIpc) is 2.94. The van der Waals surface area contributed by atoms with Crippen LogP contribution in [0.25, 0.3) is 0 Å². The van der Waals surface area contributed by atoms with E-state index >= 15 is 0 Å². The lowest BCUT2D eigenvalue weighted by Gasteiger charge is -1.99. The van der Waals surface area contributed by atoms with Crippen molar-refractivity contribution >= 4 is 50.5 Å². The number of nitrogens with one attached hydrogen (secondary N) is 1. The van der Waals surface area contributed by atoms with E-state index in [0.717, 1.165) is 20.0 Å². The van der Waals surface area contributed by atoms with Gasteiger partial charge in [-0.05, 0) is 28.1 Å². The van der Waals surface area contributed by atoms with E-state index in [9.17, 15) is 9.59 Å². The molecule has 0 unspecified atom stereocenters. The normalized spacial score (nSPS) is 10.3. The minimum Gasteiger partial charge on any atom is -0.476 e. The predicted molar refractivity (Wildman–Crippen MR) is 72.3 cm³/mol. The number of hydrogen-bond donors (Lipinski definition) is 2. The molecular weight excluding hydrogens is 340 g/mol. The highest BCUT2D eigenvalue weighted by Gasteiger charge is 2.14. The van der Waals surface area contributed by atoms with E-state index in [1.807, 2.05) is 12.1 Å². The lowest BCUT2D eigenvalue weighted by molar-refractivity contribution is 0.0696. The first-order valence-corrected chi connectivity index (χ1v) is 7.20. The summed E-state index contributed by atoms with van der Waals surface area (Å²) in [5.41, 5.74) is 0. The van der Waals surface area contributed by atoms with Gasteiger partial charge in [-0.3, -0.25) is 4.79 Å². The van der Waals surface area contributed by atoms with E-state index in [0.29, 0.717) is 11.4 Å². The lowest BCUT2D eigenvalue weighted by atomic mass is 10.4. The van der Waals surface area contributed by atoms with Gasteiger partial charge in [0.05, 0.1) is 16.5 Å². The zero-order valence-electron chi connectivity index (χ0n) is 8.84. The van der Waals surface area contributed by atoms with Crippen molar-refractivity contribution in [1.82, 2.24) is 10.3 Å². The van der Waals surface area contributed by atoms with E-state index < -0.39 is 5.97 Å². The minimum atomic E-state index is -1.12. The highest BCUT2D eigenvalue weighted by Crippen LogP contribution is 2.22. The van der Waals surface area contributed by atoms with Crippen LogP contribution in [0.2, 0.25) is 0 Å². The molecule has 0 aliphatic carbocycles. The molecule has 0 saturated heterocycles. The molecular formula is C10H7BrN2O3S2. The first kappa shape index (κ1) is 13.2. The second-order valence-corrected chi connectivity index (χ2v) is 6.80. The molecule has 8 heteroatoms. The first-order valence-electron chi connectivity index (χ1n) is 4.78. The summed E-state index contributed by atoms with van der Waals surface area (Å²) in [4.78, 5) is 27.3. The second kappa shape index (κ2) is 5.59. The summed E-state index contributed by atoms with van der Waals surface area (Å²) in [5.74, 6) is -1.44. The van der Waals surface area contributed by atoms with Crippen molar-refractivity contribution in [2.24, 2.45) is 0 Å². The Bertz CT molecular complexity index is 593. The lowest BCUT2D eigenvalue weighted by Crippen LogP contribution is -2.21. The Morgan fingerprint density at radius 3 is 2.72 bits per heavy atom. The van der Waals surface area contributed by atoms with Gasteiger partial charge < -0.3 is 10.4 Å². The molecule has 2 rings (SSSR count). The molecule has 2 aromatic rings. The Morgan fingerprint density at radius 2 is 2.17 bits per heavy atom. The number of aromatic carboxylic acids is 1. The van der Waals surface area contributed by atoms with Crippen molar-refractivity contribution in [2.45, 2.75) is 6.54 Å². The molecule has 1 amide bonds. The fourth-order valence-corrected chi connectivity index (χ4v) is 3.27. The molecule has 0 fully saturated rings. The number of halogens is 1. The highest BCUT2D eigenvalue weighted by molar-refractivity contribution is 9.11. The molecule has 5 nitrogen and oxygen atoms in total. The molecule has 94 valence electrons. The molecule has 0 radical (unpaired) electrons. The molecule has 0 saturated carbocycles. The predicted octanol–water partition coefficient (Wildman–Crippen LogP) is 2.60. The average molecular weight is 347 g/mol. The summed E-state index contributed by atoms with van der Waals surface area (Å²) in [5, 5.41) is 11.3. The van der Waals surface area contributed by atoms with E-state index in [1.165, 1.54) is 17.5 Å². The van der Waals surface area contributed by atoms with Gasteiger partial charge in [0.1, 0.15) is 4.88 Å². The number of carbonyl (C=O) groups excluding carboxylic acids is 1. The maximum atomic E-state index is 11.7. The van der Waals surface area contributed by atoms with Crippen molar-refractivity contribution < 1.29 is 14.7 Å². The van der Waals surface area contributed by atoms with Crippen molar-refractivity contribution in [3.8, 4) is 0 Å². The smallest absolute Gasteiger partial charge is 0.365 e. The van der Waals surface area contributed by atoms with Crippen LogP contribution < -0.4 is 5.32 Å². The van der Waals surface area contributed by atoms with Crippen LogP contribution in [0.15, 0.2) is 22.1 Å². The number of hydrogen-bond acceptors (Lipinski definition) is 5. The number of rotatable bonds is 4. The zero-order chi connectivity index (χ0) is 13.1. The number of nitrogens with zero attached hydrogens (tertiary/aromatic N) is 1. The largest absolute Gasteiger partial charge is 0.476 e. The van der Waals surface area contributed by atoms with Crippen molar-refractivity contribution in [3.05, 3.63) is 36.9 Å². The standard InChI is InChI=1S/C10H7BrN2O3S2/c11-7-2-1-5(17-7)3-12-8(14)6-4-13-9(18-6)10(15)16/h1-2,4H,3H2,(H,12,14)(H,15,16). The van der Waals surface area contributed by atoms with E-state index in [1.54, 1.807) is 0 Å². The van der Waals surface area contributed by atoms with Crippen LogP contribution in [0.4, 0.5) is 0 Å². The molecule has 0 atom stereocenters. The Labute approximate surface area is 119 Å². The van der Waals surface area contributed by atoms with Gasteiger partial charge in [-0.2, -0.15) is 0 Å². The van der Waals surface area contributed by atoms with E-state index in [2.05, 4.69) is 26.2 Å². The van der Waals surface area contributed by atoms with Crippen LogP contribution in [0.1, 0.15) is 24.4 Å². The Kier molecular flexibility index (Phi) is 4.10. The topological polar surface area (TPSA) is 79.3 Å². The maximum Gasteiger partial charge on any atom is 0.365 e. The summed E-state index contributed by atoms with van der Waals surface area (Å²) in [6.45, 7) is 0.412. The number of carboxylic acids is 1. The fraction of sp³-hybridized carbons (Fsp3) is 0.100. The Morgan fingerprint density at radius 1 is 1.39 bits per heavy atom. The van der Waals surface area contributed by atoms with Crippen LogP contribution >= 0.6 is 38.6 Å². The minimum absolute atomic E-state index is 0.0842. The van der Waals surface area contributed by atoms with Crippen molar-refractivity contribution in [3.63, 3.8) is 0 Å². The first-order chi connectivity index (χ1) is 8.56. The van der Waals surface area contributed by atoms with Crippen LogP contribution in [-0.2, 0) is 6.54 Å².